The molecule has 1 aromatic heterocycles. The second-order valence-electron chi connectivity index (χ2n) is 6.96. The van der Waals surface area contributed by atoms with Gasteiger partial charge in [0.2, 0.25) is 0 Å². The average molecular weight is 280 g/mol. The van der Waals surface area contributed by atoms with Crippen LogP contribution in [0.5, 0.6) is 0 Å². The summed E-state index contributed by atoms with van der Waals surface area (Å²) in [6, 6.07) is 4.30. The van der Waals surface area contributed by atoms with E-state index >= 15 is 0 Å². The van der Waals surface area contributed by atoms with Gasteiger partial charge in [0.05, 0.1) is 24.0 Å². The van der Waals surface area contributed by atoms with Gasteiger partial charge in [0.1, 0.15) is 5.76 Å². The Labute approximate surface area is 122 Å². The Balaban J connectivity index is 2.06. The lowest BCUT2D eigenvalue weighted by Gasteiger charge is -2.32. The maximum Gasteiger partial charge on any atom is 0.117 e. The van der Waals surface area contributed by atoms with Gasteiger partial charge >= 0.3 is 0 Å². The van der Waals surface area contributed by atoms with E-state index in [2.05, 4.69) is 45.0 Å². The topological polar surface area (TPSA) is 37.6 Å². The molecule has 4 heteroatoms. The number of nitrogens with one attached hydrogen (secondary N) is 1. The van der Waals surface area contributed by atoms with Crippen molar-refractivity contribution in [2.24, 2.45) is 5.92 Å². The quantitative estimate of drug-likeness (QED) is 0.899. The molecule has 1 saturated heterocycles. The van der Waals surface area contributed by atoms with Crippen molar-refractivity contribution in [2.75, 3.05) is 20.6 Å². The smallest absolute Gasteiger partial charge is 0.117 e. The van der Waals surface area contributed by atoms with Crippen LogP contribution in [0.25, 0.3) is 0 Å². The Morgan fingerprint density at radius 1 is 1.25 bits per heavy atom. The van der Waals surface area contributed by atoms with Gasteiger partial charge in [-0.05, 0) is 53.9 Å². The third kappa shape index (κ3) is 3.08. The fraction of sp³-hybridized carbons (Fsp3) is 0.750. The summed E-state index contributed by atoms with van der Waals surface area (Å²) in [5.41, 5.74) is -0.275. The lowest BCUT2D eigenvalue weighted by atomic mass is 9.82. The highest BCUT2D eigenvalue weighted by Gasteiger charge is 2.53. The molecule has 0 bridgehead atoms. The van der Waals surface area contributed by atoms with Gasteiger partial charge in [0.25, 0.3) is 0 Å². The summed E-state index contributed by atoms with van der Waals surface area (Å²) in [6.45, 7) is 10.5. The molecule has 0 saturated carbocycles. The largest absolute Gasteiger partial charge is 0.468 e. The third-order valence-corrected chi connectivity index (χ3v) is 4.40. The summed E-state index contributed by atoms with van der Waals surface area (Å²) >= 11 is 0. The van der Waals surface area contributed by atoms with E-state index in [-0.39, 0.29) is 11.2 Å². The van der Waals surface area contributed by atoms with Crippen LogP contribution in [0.1, 0.15) is 33.5 Å². The fourth-order valence-electron chi connectivity index (χ4n) is 3.65. The maximum atomic E-state index is 6.28. The van der Waals surface area contributed by atoms with Crippen LogP contribution in [0, 0.1) is 5.92 Å². The number of ether oxygens (including phenoxy) is 1. The van der Waals surface area contributed by atoms with Crippen molar-refractivity contribution in [3.05, 3.63) is 24.2 Å². The summed E-state index contributed by atoms with van der Waals surface area (Å²) in [4.78, 5) is 2.31. The number of likely N-dealkylation sites (N-methyl/N-ethyl adjacent to an activating group) is 1. The molecule has 0 aliphatic carbocycles. The van der Waals surface area contributed by atoms with Crippen LogP contribution in [0.15, 0.2) is 22.8 Å². The molecule has 4 nitrogen and oxygen atoms in total. The van der Waals surface area contributed by atoms with Crippen molar-refractivity contribution >= 4 is 0 Å². The predicted octanol–water partition coefficient (Wildman–Crippen LogP) is 2.50. The number of nitrogens with zero attached hydrogens (tertiary/aromatic N) is 1. The van der Waals surface area contributed by atoms with Gasteiger partial charge in [-0.1, -0.05) is 0 Å². The molecule has 1 fully saturated rings. The van der Waals surface area contributed by atoms with Crippen LogP contribution in [-0.4, -0.2) is 42.8 Å². The highest BCUT2D eigenvalue weighted by atomic mass is 16.5. The van der Waals surface area contributed by atoms with Crippen molar-refractivity contribution in [1.29, 1.82) is 0 Å². The van der Waals surface area contributed by atoms with E-state index in [1.54, 1.807) is 6.26 Å². The van der Waals surface area contributed by atoms with E-state index in [0.717, 1.165) is 18.8 Å². The Kier molecular flexibility index (Phi) is 4.28. The van der Waals surface area contributed by atoms with Gasteiger partial charge in [-0.15, -0.1) is 0 Å². The molecule has 0 amide bonds. The van der Waals surface area contributed by atoms with Gasteiger partial charge in [0, 0.05) is 18.5 Å². The van der Waals surface area contributed by atoms with Crippen molar-refractivity contribution < 1.29 is 9.15 Å². The van der Waals surface area contributed by atoms with Crippen LogP contribution >= 0.6 is 0 Å². The standard InChI is InChI=1S/C16H28N2O2/c1-15(2)13(14(17-5)16(3,4)20-15)11-18(6)10-12-8-7-9-19-12/h7-9,13-14,17H,10-11H2,1-6H3. The lowest BCUT2D eigenvalue weighted by Crippen LogP contribution is -2.49. The first-order valence-corrected chi connectivity index (χ1v) is 7.34. The molecule has 1 aliphatic heterocycles. The van der Waals surface area contributed by atoms with Gasteiger partial charge in [0.15, 0.2) is 0 Å². The summed E-state index contributed by atoms with van der Waals surface area (Å²) in [5, 5.41) is 3.45. The Bertz CT molecular complexity index is 426. The van der Waals surface area contributed by atoms with Crippen LogP contribution < -0.4 is 5.32 Å². The zero-order valence-corrected chi connectivity index (χ0v) is 13.6. The molecule has 0 spiro atoms. The molecule has 2 atom stereocenters. The van der Waals surface area contributed by atoms with Crippen molar-refractivity contribution in [3.8, 4) is 0 Å². The maximum absolute atomic E-state index is 6.28. The first-order chi connectivity index (χ1) is 9.26. The summed E-state index contributed by atoms with van der Waals surface area (Å²) < 4.78 is 11.7. The minimum absolute atomic E-state index is 0.130. The van der Waals surface area contributed by atoms with Gasteiger partial charge < -0.3 is 14.5 Å². The van der Waals surface area contributed by atoms with Crippen molar-refractivity contribution in [2.45, 2.75) is 51.5 Å². The highest BCUT2D eigenvalue weighted by molar-refractivity contribution is 5.06. The molecule has 2 heterocycles. The van der Waals surface area contributed by atoms with E-state index in [1.165, 1.54) is 0 Å². The molecular formula is C16H28N2O2. The zero-order chi connectivity index (χ0) is 15.0. The second kappa shape index (κ2) is 5.51. The highest BCUT2D eigenvalue weighted by Crippen LogP contribution is 2.42. The second-order valence-corrected chi connectivity index (χ2v) is 6.96. The SMILES string of the molecule is CNC1C(CN(C)Cc2ccco2)C(C)(C)OC1(C)C. The van der Waals surface area contributed by atoms with Crippen LogP contribution in [0.3, 0.4) is 0 Å². The molecule has 20 heavy (non-hydrogen) atoms. The first kappa shape index (κ1) is 15.5. The Morgan fingerprint density at radius 3 is 2.50 bits per heavy atom. The molecule has 1 aromatic rings. The summed E-state index contributed by atoms with van der Waals surface area (Å²) in [7, 11) is 4.16. The lowest BCUT2D eigenvalue weighted by molar-refractivity contribution is -0.0792. The minimum atomic E-state index is -0.144. The number of hydrogen-bond acceptors (Lipinski definition) is 4. The van der Waals surface area contributed by atoms with E-state index in [4.69, 9.17) is 9.15 Å². The molecule has 0 aromatic carbocycles. The fourth-order valence-corrected chi connectivity index (χ4v) is 3.65. The normalized spacial score (nSPS) is 28.1. The van der Waals surface area contributed by atoms with Gasteiger partial charge in [-0.25, -0.2) is 0 Å². The molecule has 114 valence electrons. The minimum Gasteiger partial charge on any atom is -0.468 e. The van der Waals surface area contributed by atoms with E-state index in [0.29, 0.717) is 12.0 Å². The average Bonchev–Trinajstić information content (AvgIpc) is 2.84. The number of furan rings is 1. The molecule has 1 aliphatic rings. The molecule has 1 N–H and O–H groups in total. The number of hydrogen-bond donors (Lipinski definition) is 1. The molecule has 0 radical (unpaired) electrons. The van der Waals surface area contributed by atoms with Gasteiger partial charge in [-0.3, -0.25) is 4.90 Å². The Hall–Kier alpha value is -0.840. The van der Waals surface area contributed by atoms with E-state index in [1.807, 2.05) is 19.2 Å². The Morgan fingerprint density at radius 2 is 1.95 bits per heavy atom. The number of rotatable bonds is 5. The summed E-state index contributed by atoms with van der Waals surface area (Å²) in [6.07, 6.45) is 1.73. The summed E-state index contributed by atoms with van der Waals surface area (Å²) in [5.74, 6) is 1.44. The van der Waals surface area contributed by atoms with Crippen LogP contribution in [-0.2, 0) is 11.3 Å². The van der Waals surface area contributed by atoms with Crippen molar-refractivity contribution in [3.63, 3.8) is 0 Å². The van der Waals surface area contributed by atoms with Crippen molar-refractivity contribution in [1.82, 2.24) is 10.2 Å². The third-order valence-electron chi connectivity index (χ3n) is 4.40. The molecular weight excluding hydrogens is 252 g/mol. The van der Waals surface area contributed by atoms with Crippen LogP contribution in [0.2, 0.25) is 0 Å². The van der Waals surface area contributed by atoms with Gasteiger partial charge in [-0.2, -0.15) is 0 Å². The molecule has 2 unspecified atom stereocenters. The van der Waals surface area contributed by atoms with E-state index < -0.39 is 0 Å². The molecule has 2 rings (SSSR count). The predicted molar refractivity (Wildman–Crippen MR) is 80.6 cm³/mol. The monoisotopic (exact) mass is 280 g/mol. The first-order valence-electron chi connectivity index (χ1n) is 7.34. The van der Waals surface area contributed by atoms with Crippen LogP contribution in [0.4, 0.5) is 0 Å². The van der Waals surface area contributed by atoms with E-state index in [9.17, 15) is 0 Å². The zero-order valence-electron chi connectivity index (χ0n) is 13.6.